The molecule has 0 heterocycles. The predicted octanol–water partition coefficient (Wildman–Crippen LogP) is 3.43. The van der Waals surface area contributed by atoms with Crippen LogP contribution in [0.3, 0.4) is 0 Å². The van der Waals surface area contributed by atoms with E-state index in [4.69, 9.17) is 11.6 Å². The van der Waals surface area contributed by atoms with Crippen LogP contribution < -0.4 is 0 Å². The summed E-state index contributed by atoms with van der Waals surface area (Å²) >= 11 is 10.6. The van der Waals surface area contributed by atoms with Gasteiger partial charge in [0.25, 0.3) is 5.24 Å². The van der Waals surface area contributed by atoms with Gasteiger partial charge in [0.05, 0.1) is 0 Å². The summed E-state index contributed by atoms with van der Waals surface area (Å²) in [7, 11) is 0. The highest BCUT2D eigenvalue weighted by Gasteiger charge is 2.06. The molecule has 0 unspecified atom stereocenters. The molecule has 0 aliphatic carbocycles. The maximum Gasteiger partial charge on any atom is 0.253 e. The first-order valence-electron chi connectivity index (χ1n) is 2.76. The average molecular weight is 345 g/mol. The minimum atomic E-state index is -0.421. The second-order valence-electron chi connectivity index (χ2n) is 1.90. The molecule has 1 nitrogen and oxygen atoms in total. The van der Waals surface area contributed by atoms with E-state index in [0.29, 0.717) is 5.56 Å². The van der Waals surface area contributed by atoms with Crippen molar-refractivity contribution < 1.29 is 4.79 Å². The zero-order chi connectivity index (χ0) is 8.43. The largest absolute Gasteiger partial charge is 0.276 e. The number of halogens is 3. The third-order valence-electron chi connectivity index (χ3n) is 1.14. The monoisotopic (exact) mass is 344 g/mol. The van der Waals surface area contributed by atoms with Crippen LogP contribution in [0.2, 0.25) is 0 Å². The van der Waals surface area contributed by atoms with E-state index in [1.165, 1.54) is 0 Å². The maximum atomic E-state index is 10.8. The quantitative estimate of drug-likeness (QED) is 0.563. The Morgan fingerprint density at radius 2 is 2.18 bits per heavy atom. The molecule has 0 aliphatic rings. The van der Waals surface area contributed by atoms with Crippen molar-refractivity contribution in [1.82, 2.24) is 0 Å². The lowest BCUT2D eigenvalue weighted by molar-refractivity contribution is 0.108. The van der Waals surface area contributed by atoms with Gasteiger partial charge >= 0.3 is 0 Å². The van der Waals surface area contributed by atoms with Crippen LogP contribution in [0.4, 0.5) is 0 Å². The van der Waals surface area contributed by atoms with E-state index in [0.717, 1.165) is 8.04 Å². The van der Waals surface area contributed by atoms with Crippen LogP contribution in [0.5, 0.6) is 0 Å². The number of hydrogen-bond donors (Lipinski definition) is 0. The second-order valence-corrected chi connectivity index (χ2v) is 4.32. The first-order chi connectivity index (χ1) is 5.11. The summed E-state index contributed by atoms with van der Waals surface area (Å²) in [5.41, 5.74) is 0.543. The summed E-state index contributed by atoms with van der Waals surface area (Å²) in [6.07, 6.45) is 0. The van der Waals surface area contributed by atoms with E-state index in [1.54, 1.807) is 6.07 Å². The Labute approximate surface area is 91.4 Å². The summed E-state index contributed by atoms with van der Waals surface area (Å²) < 4.78 is 1.73. The second kappa shape index (κ2) is 3.87. The van der Waals surface area contributed by atoms with Crippen molar-refractivity contribution in [3.63, 3.8) is 0 Å². The lowest BCUT2D eigenvalue weighted by atomic mass is 10.2. The van der Waals surface area contributed by atoms with Crippen molar-refractivity contribution in [2.45, 2.75) is 0 Å². The first-order valence-corrected chi connectivity index (χ1v) is 5.01. The zero-order valence-electron chi connectivity index (χ0n) is 5.27. The molecule has 0 amide bonds. The van der Waals surface area contributed by atoms with E-state index < -0.39 is 5.24 Å². The molecule has 0 bridgehead atoms. The van der Waals surface area contributed by atoms with Gasteiger partial charge in [0.1, 0.15) is 0 Å². The van der Waals surface area contributed by atoms with Gasteiger partial charge in [0, 0.05) is 13.6 Å². The summed E-state index contributed by atoms with van der Waals surface area (Å²) in [4.78, 5) is 10.8. The first kappa shape index (κ1) is 9.48. The molecule has 0 N–H and O–H groups in total. The molecule has 1 rings (SSSR count). The van der Waals surface area contributed by atoms with Gasteiger partial charge in [-0.1, -0.05) is 15.9 Å². The van der Waals surface area contributed by atoms with Gasteiger partial charge in [-0.2, -0.15) is 0 Å². The van der Waals surface area contributed by atoms with Crippen molar-refractivity contribution in [2.75, 3.05) is 0 Å². The average Bonchev–Trinajstić information content (AvgIpc) is 1.94. The van der Waals surface area contributed by atoms with E-state index in [2.05, 4.69) is 38.5 Å². The van der Waals surface area contributed by atoms with Crippen LogP contribution in [0.15, 0.2) is 22.7 Å². The van der Waals surface area contributed by atoms with Gasteiger partial charge in [-0.05, 0) is 52.4 Å². The summed E-state index contributed by atoms with van der Waals surface area (Å²) in [5, 5.41) is -0.421. The predicted molar refractivity (Wildman–Crippen MR) is 57.0 cm³/mol. The number of carbonyl (C=O) groups is 1. The van der Waals surface area contributed by atoms with Crippen molar-refractivity contribution in [1.29, 1.82) is 0 Å². The lowest BCUT2D eigenvalue weighted by Crippen LogP contribution is -1.92. The SMILES string of the molecule is O=C(Cl)c1cc(Br)ccc1I. The van der Waals surface area contributed by atoms with Crippen molar-refractivity contribution in [2.24, 2.45) is 0 Å². The smallest absolute Gasteiger partial charge is 0.253 e. The molecule has 0 radical (unpaired) electrons. The third-order valence-corrected chi connectivity index (χ3v) is 2.78. The van der Waals surface area contributed by atoms with Crippen LogP contribution in [0, 0.1) is 3.57 Å². The molecule has 0 spiro atoms. The Balaban J connectivity index is 3.23. The number of rotatable bonds is 1. The van der Waals surface area contributed by atoms with Gasteiger partial charge in [0.2, 0.25) is 0 Å². The highest BCUT2D eigenvalue weighted by Crippen LogP contribution is 2.19. The van der Waals surface area contributed by atoms with Crippen LogP contribution in [-0.4, -0.2) is 5.24 Å². The molecule has 0 aliphatic heterocycles. The summed E-state index contributed by atoms with van der Waals surface area (Å²) in [5.74, 6) is 0. The van der Waals surface area contributed by atoms with Gasteiger partial charge in [-0.25, -0.2) is 0 Å². The van der Waals surface area contributed by atoms with Gasteiger partial charge in [-0.3, -0.25) is 4.79 Å². The fourth-order valence-electron chi connectivity index (χ4n) is 0.648. The molecule has 0 atom stereocenters. The van der Waals surface area contributed by atoms with Crippen molar-refractivity contribution in [3.8, 4) is 0 Å². The van der Waals surface area contributed by atoms with E-state index in [-0.39, 0.29) is 0 Å². The Kier molecular flexibility index (Phi) is 3.33. The normalized spacial score (nSPS) is 9.73. The molecule has 58 valence electrons. The Hall–Kier alpha value is 0.390. The Morgan fingerprint density at radius 1 is 1.55 bits per heavy atom. The fourth-order valence-corrected chi connectivity index (χ4v) is 1.91. The highest BCUT2D eigenvalue weighted by atomic mass is 127. The number of benzene rings is 1. The molecule has 0 saturated heterocycles. The number of hydrogen-bond acceptors (Lipinski definition) is 1. The molecular weight excluding hydrogens is 342 g/mol. The van der Waals surface area contributed by atoms with Crippen molar-refractivity contribution >= 4 is 55.4 Å². The van der Waals surface area contributed by atoms with E-state index in [9.17, 15) is 4.79 Å². The van der Waals surface area contributed by atoms with Gasteiger partial charge in [-0.15, -0.1) is 0 Å². The Morgan fingerprint density at radius 3 is 2.64 bits per heavy atom. The fraction of sp³-hybridized carbons (Fsp3) is 0. The molecule has 1 aromatic carbocycles. The third kappa shape index (κ3) is 2.42. The highest BCUT2D eigenvalue weighted by molar-refractivity contribution is 14.1. The van der Waals surface area contributed by atoms with Crippen LogP contribution in [0.1, 0.15) is 10.4 Å². The zero-order valence-corrected chi connectivity index (χ0v) is 9.77. The van der Waals surface area contributed by atoms with Gasteiger partial charge in [0.15, 0.2) is 0 Å². The number of carbonyl (C=O) groups excluding carboxylic acids is 1. The minimum absolute atomic E-state index is 0.421. The molecule has 11 heavy (non-hydrogen) atoms. The molecule has 1 aromatic rings. The molecule has 0 saturated carbocycles. The van der Waals surface area contributed by atoms with Crippen LogP contribution in [-0.2, 0) is 0 Å². The summed E-state index contributed by atoms with van der Waals surface area (Å²) in [6, 6.07) is 5.41. The summed E-state index contributed by atoms with van der Waals surface area (Å²) in [6.45, 7) is 0. The Bertz CT molecular complexity index is 300. The van der Waals surface area contributed by atoms with E-state index in [1.807, 2.05) is 12.1 Å². The molecular formula is C7H3BrClIO. The minimum Gasteiger partial charge on any atom is -0.276 e. The molecule has 0 fully saturated rings. The van der Waals surface area contributed by atoms with E-state index >= 15 is 0 Å². The van der Waals surface area contributed by atoms with Crippen LogP contribution >= 0.6 is 50.1 Å². The maximum absolute atomic E-state index is 10.8. The van der Waals surface area contributed by atoms with Crippen molar-refractivity contribution in [3.05, 3.63) is 31.8 Å². The van der Waals surface area contributed by atoms with Gasteiger partial charge < -0.3 is 0 Å². The lowest BCUT2D eigenvalue weighted by Gasteiger charge is -1.97. The molecule has 0 aromatic heterocycles. The topological polar surface area (TPSA) is 17.1 Å². The molecule has 4 heteroatoms. The standard InChI is InChI=1S/C7H3BrClIO/c8-4-1-2-6(10)5(3-4)7(9)11/h1-3H. The van der Waals surface area contributed by atoms with Crippen LogP contribution in [0.25, 0.3) is 0 Å².